The van der Waals surface area contributed by atoms with E-state index in [1.54, 1.807) is 0 Å². The number of ether oxygens (including phenoxy) is 2. The van der Waals surface area contributed by atoms with Crippen LogP contribution in [-0.2, 0) is 27.9 Å². The minimum Gasteiger partial charge on any atom is -0.457 e. The van der Waals surface area contributed by atoms with Crippen LogP contribution in [0.3, 0.4) is 0 Å². The first-order valence-electron chi connectivity index (χ1n) is 20.7. The van der Waals surface area contributed by atoms with E-state index in [-0.39, 0.29) is 38.8 Å². The predicted octanol–water partition coefficient (Wildman–Crippen LogP) is 12.3. The Morgan fingerprint density at radius 1 is 0.556 bits per heavy atom. The smallest absolute Gasteiger partial charge is 0.457 e. The molecule has 0 heterocycles. The van der Waals surface area contributed by atoms with Crippen LogP contribution in [0.1, 0.15) is 142 Å². The molecule has 0 spiro atoms. The van der Waals surface area contributed by atoms with E-state index in [0.29, 0.717) is 6.61 Å². The van der Waals surface area contributed by atoms with Crippen molar-refractivity contribution >= 4 is 13.8 Å². The summed E-state index contributed by atoms with van der Waals surface area (Å²) < 4.78 is 33.3. The number of esters is 1. The van der Waals surface area contributed by atoms with E-state index >= 15 is 0 Å². The Balaban J connectivity index is 4.16. The number of rotatable bonds is 38. The summed E-state index contributed by atoms with van der Waals surface area (Å²) in [7, 11) is -4.29. The largest absolute Gasteiger partial charge is 0.472 e. The fourth-order valence-corrected chi connectivity index (χ4v) is 5.80. The molecule has 0 saturated carbocycles. The van der Waals surface area contributed by atoms with Crippen LogP contribution in [0.5, 0.6) is 0 Å². The van der Waals surface area contributed by atoms with E-state index in [4.69, 9.17) is 24.3 Å². The summed E-state index contributed by atoms with van der Waals surface area (Å²) in [6.07, 6.45) is 54.2. The zero-order chi connectivity index (χ0) is 39.5. The predicted molar refractivity (Wildman–Crippen MR) is 228 cm³/mol. The van der Waals surface area contributed by atoms with Crippen molar-refractivity contribution in [2.75, 3.05) is 33.0 Å². The fraction of sp³-hybridized carbons (Fsp3) is 0.622. The molecule has 0 rings (SSSR count). The second-order valence-corrected chi connectivity index (χ2v) is 14.5. The molecule has 2 atom stereocenters. The van der Waals surface area contributed by atoms with E-state index < -0.39 is 13.9 Å². The van der Waals surface area contributed by atoms with Crippen molar-refractivity contribution in [2.24, 2.45) is 5.73 Å². The quantitative estimate of drug-likeness (QED) is 0.0276. The van der Waals surface area contributed by atoms with E-state index in [2.05, 4.69) is 111 Å². The van der Waals surface area contributed by atoms with Crippen LogP contribution in [0.4, 0.5) is 0 Å². The average molecular weight is 774 g/mol. The maximum atomic E-state index is 12.6. The van der Waals surface area contributed by atoms with Gasteiger partial charge >= 0.3 is 13.8 Å². The van der Waals surface area contributed by atoms with Crippen LogP contribution < -0.4 is 5.73 Å². The number of phosphoric ester groups is 1. The molecule has 2 unspecified atom stereocenters. The highest BCUT2D eigenvalue weighted by atomic mass is 31.2. The minimum atomic E-state index is -4.29. The Kier molecular flexibility index (Phi) is 39.6. The molecule has 0 fully saturated rings. The average Bonchev–Trinajstić information content (AvgIpc) is 3.16. The van der Waals surface area contributed by atoms with Gasteiger partial charge in [0.1, 0.15) is 6.10 Å². The first-order chi connectivity index (χ1) is 26.4. The van der Waals surface area contributed by atoms with Crippen molar-refractivity contribution in [3.63, 3.8) is 0 Å². The lowest BCUT2D eigenvalue weighted by Crippen LogP contribution is -2.28. The van der Waals surface area contributed by atoms with Gasteiger partial charge in [-0.25, -0.2) is 4.57 Å². The summed E-state index contributed by atoms with van der Waals surface area (Å²) >= 11 is 0. The van der Waals surface area contributed by atoms with Crippen LogP contribution in [0.25, 0.3) is 0 Å². The lowest BCUT2D eigenvalue weighted by molar-refractivity contribution is -0.154. The summed E-state index contributed by atoms with van der Waals surface area (Å²) in [4.78, 5) is 22.4. The van der Waals surface area contributed by atoms with Gasteiger partial charge < -0.3 is 20.1 Å². The summed E-state index contributed by atoms with van der Waals surface area (Å²) in [5.74, 6) is -0.362. The van der Waals surface area contributed by atoms with Crippen molar-refractivity contribution in [2.45, 2.75) is 148 Å². The number of nitrogens with two attached hydrogens (primary N) is 1. The van der Waals surface area contributed by atoms with Gasteiger partial charge in [0, 0.05) is 19.6 Å². The monoisotopic (exact) mass is 774 g/mol. The Labute approximate surface area is 330 Å². The molecular formula is C45H76NO7P. The molecule has 9 heteroatoms. The number of hydrogen-bond acceptors (Lipinski definition) is 7. The highest BCUT2D eigenvalue weighted by molar-refractivity contribution is 7.47. The SMILES string of the molecule is CC/C=C\C/C=C\C/C=C\C/C=C\C/C=C\CCCCCCOCC(COP(=O)(O)OCCN)OC(=O)CCCCCCC/C=C\C/C=C\C/C=C\CC. The summed E-state index contributed by atoms with van der Waals surface area (Å²) in [6.45, 7) is 4.57. The number of hydrogen-bond donors (Lipinski definition) is 2. The van der Waals surface area contributed by atoms with Gasteiger partial charge in [0.25, 0.3) is 0 Å². The first kappa shape index (κ1) is 51.4. The maximum absolute atomic E-state index is 12.6. The fourth-order valence-electron chi connectivity index (χ4n) is 5.04. The molecule has 54 heavy (non-hydrogen) atoms. The Hall–Kier alpha value is -2.58. The van der Waals surface area contributed by atoms with Gasteiger partial charge in [-0.3, -0.25) is 13.8 Å². The molecule has 308 valence electrons. The zero-order valence-corrected chi connectivity index (χ0v) is 34.8. The normalized spacial score (nSPS) is 14.5. The first-order valence-corrected chi connectivity index (χ1v) is 22.2. The van der Waals surface area contributed by atoms with Crippen molar-refractivity contribution < 1.29 is 32.8 Å². The van der Waals surface area contributed by atoms with Crippen LogP contribution >= 0.6 is 7.82 Å². The van der Waals surface area contributed by atoms with E-state index in [9.17, 15) is 14.3 Å². The van der Waals surface area contributed by atoms with Gasteiger partial charge in [0.2, 0.25) is 0 Å². The Bertz CT molecular complexity index is 1140. The molecule has 0 radical (unpaired) electrons. The lowest BCUT2D eigenvalue weighted by atomic mass is 10.1. The molecule has 0 saturated heterocycles. The molecule has 0 aliphatic carbocycles. The summed E-state index contributed by atoms with van der Waals surface area (Å²) in [5, 5.41) is 0. The molecule has 0 aromatic rings. The lowest BCUT2D eigenvalue weighted by Gasteiger charge is -2.20. The molecule has 0 bridgehead atoms. The van der Waals surface area contributed by atoms with Crippen LogP contribution in [0.15, 0.2) is 97.2 Å². The third kappa shape index (κ3) is 40.6. The third-order valence-electron chi connectivity index (χ3n) is 8.00. The third-order valence-corrected chi connectivity index (χ3v) is 8.98. The molecule has 0 aliphatic heterocycles. The minimum absolute atomic E-state index is 0.0852. The van der Waals surface area contributed by atoms with Gasteiger partial charge in [-0.1, -0.05) is 143 Å². The van der Waals surface area contributed by atoms with Crippen molar-refractivity contribution in [1.29, 1.82) is 0 Å². The van der Waals surface area contributed by atoms with Crippen molar-refractivity contribution in [3.05, 3.63) is 97.2 Å². The van der Waals surface area contributed by atoms with E-state index in [1.165, 1.54) is 0 Å². The standard InChI is InChI=1S/C45H76NO7P/c1-3-5-7-9-11-13-15-17-19-20-21-22-23-25-27-29-31-33-35-37-40-50-42-44(43-52-54(48,49)51-41-39-46)53-45(47)38-36-34-32-30-28-26-24-18-16-14-12-10-8-6-4-2/h5-8,11-14,17-19,21-22,24-25,27,44H,3-4,9-10,15-16,20,23,26,28-43,46H2,1-2H3,(H,48,49)/b7-5-,8-6-,13-11-,14-12-,19-17-,22-21-,24-18-,27-25-. The van der Waals surface area contributed by atoms with Gasteiger partial charge in [-0.15, -0.1) is 0 Å². The molecule has 8 nitrogen and oxygen atoms in total. The Morgan fingerprint density at radius 2 is 0.981 bits per heavy atom. The number of allylic oxidation sites excluding steroid dienone is 16. The second-order valence-electron chi connectivity index (χ2n) is 13.1. The number of carbonyl (C=O) groups excluding carboxylic acids is 1. The topological polar surface area (TPSA) is 117 Å². The number of unbranched alkanes of at least 4 members (excludes halogenated alkanes) is 9. The van der Waals surface area contributed by atoms with E-state index in [0.717, 1.165) is 122 Å². The molecule has 0 amide bonds. The number of carbonyl (C=O) groups is 1. The Morgan fingerprint density at radius 3 is 1.46 bits per heavy atom. The van der Waals surface area contributed by atoms with Gasteiger partial charge in [-0.2, -0.15) is 0 Å². The molecule has 0 aromatic heterocycles. The van der Waals surface area contributed by atoms with E-state index in [1.807, 2.05) is 0 Å². The molecule has 0 aliphatic rings. The maximum Gasteiger partial charge on any atom is 0.472 e. The van der Waals surface area contributed by atoms with Crippen LogP contribution in [-0.4, -0.2) is 49.9 Å². The highest BCUT2D eigenvalue weighted by Gasteiger charge is 2.25. The summed E-state index contributed by atoms with van der Waals surface area (Å²) in [5.41, 5.74) is 5.36. The van der Waals surface area contributed by atoms with Crippen LogP contribution in [0.2, 0.25) is 0 Å². The van der Waals surface area contributed by atoms with Gasteiger partial charge in [0.05, 0.1) is 19.8 Å². The molecule has 0 aromatic carbocycles. The van der Waals surface area contributed by atoms with Crippen molar-refractivity contribution in [1.82, 2.24) is 0 Å². The zero-order valence-electron chi connectivity index (χ0n) is 33.9. The summed E-state index contributed by atoms with van der Waals surface area (Å²) in [6, 6.07) is 0. The van der Waals surface area contributed by atoms with Gasteiger partial charge in [-0.05, 0) is 89.9 Å². The van der Waals surface area contributed by atoms with Crippen LogP contribution in [0, 0.1) is 0 Å². The van der Waals surface area contributed by atoms with Gasteiger partial charge in [0.15, 0.2) is 0 Å². The molecular weight excluding hydrogens is 697 g/mol. The number of phosphoric acid groups is 1. The highest BCUT2D eigenvalue weighted by Crippen LogP contribution is 2.43. The second kappa shape index (κ2) is 41.6. The molecule has 3 N–H and O–H groups in total. The van der Waals surface area contributed by atoms with Crippen molar-refractivity contribution in [3.8, 4) is 0 Å².